The van der Waals surface area contributed by atoms with Gasteiger partial charge >= 0.3 is 13.8 Å². The van der Waals surface area contributed by atoms with Crippen LogP contribution in [0.2, 0.25) is 0 Å². The molecule has 2 atom stereocenters. The van der Waals surface area contributed by atoms with Gasteiger partial charge in [-0.1, -0.05) is 84.0 Å². The predicted molar refractivity (Wildman–Crippen MR) is 137 cm³/mol. The Labute approximate surface area is 208 Å². The molecule has 0 aliphatic carbocycles. The van der Waals surface area contributed by atoms with Crippen molar-refractivity contribution in [3.63, 3.8) is 0 Å². The van der Waals surface area contributed by atoms with Crippen LogP contribution >= 0.6 is 7.82 Å². The maximum atomic E-state index is 12.0. The summed E-state index contributed by atoms with van der Waals surface area (Å²) in [5, 5.41) is 0. The summed E-state index contributed by atoms with van der Waals surface area (Å²) in [5.41, 5.74) is 0. The zero-order valence-electron chi connectivity index (χ0n) is 22.6. The second kappa shape index (κ2) is 20.7. The quantitative estimate of drug-likeness (QED) is 0.0752. The van der Waals surface area contributed by atoms with Crippen LogP contribution in [-0.4, -0.2) is 76.1 Å². The van der Waals surface area contributed by atoms with E-state index in [9.17, 15) is 14.3 Å². The summed E-state index contributed by atoms with van der Waals surface area (Å²) in [4.78, 5) is 21.7. The highest BCUT2D eigenvalue weighted by Crippen LogP contribution is 2.43. The lowest BCUT2D eigenvalue weighted by atomic mass is 10.0. The van der Waals surface area contributed by atoms with Crippen molar-refractivity contribution in [2.75, 3.05) is 54.6 Å². The minimum atomic E-state index is -4.17. The number of quaternary nitrogens is 1. The molecule has 0 radical (unpaired) electrons. The summed E-state index contributed by atoms with van der Waals surface area (Å²) in [6.07, 6.45) is 16.1. The molecule has 9 heteroatoms. The molecule has 8 nitrogen and oxygen atoms in total. The number of rotatable bonds is 24. The number of hydrogen-bond donors (Lipinski definition) is 1. The van der Waals surface area contributed by atoms with Crippen LogP contribution in [0.15, 0.2) is 0 Å². The highest BCUT2D eigenvalue weighted by atomic mass is 31.2. The Balaban J connectivity index is 3.71. The first-order valence-corrected chi connectivity index (χ1v) is 14.7. The van der Waals surface area contributed by atoms with Gasteiger partial charge in [-0.3, -0.25) is 13.8 Å². The number of ether oxygens (including phenoxy) is 2. The molecule has 0 aromatic heterocycles. The lowest BCUT2D eigenvalue weighted by Crippen LogP contribution is -2.37. The van der Waals surface area contributed by atoms with Crippen LogP contribution in [-0.2, 0) is 27.9 Å². The van der Waals surface area contributed by atoms with Crippen molar-refractivity contribution in [3.05, 3.63) is 0 Å². The largest absolute Gasteiger partial charge is 0.472 e. The SMILES string of the molecule is CCCCCCCCCCCCCCCC(=O)OC[C@H](COP(=O)(O)OCC[N+](C)(C)C)OC. The fourth-order valence-corrected chi connectivity index (χ4v) is 4.12. The molecule has 0 bridgehead atoms. The van der Waals surface area contributed by atoms with Gasteiger partial charge in [0, 0.05) is 13.5 Å². The topological polar surface area (TPSA) is 91.3 Å². The molecule has 1 unspecified atom stereocenters. The molecule has 34 heavy (non-hydrogen) atoms. The van der Waals surface area contributed by atoms with E-state index in [1.54, 1.807) is 0 Å². The number of esters is 1. The number of carbonyl (C=O) groups excluding carboxylic acids is 1. The highest BCUT2D eigenvalue weighted by molar-refractivity contribution is 7.47. The molecule has 0 amide bonds. The van der Waals surface area contributed by atoms with Crippen molar-refractivity contribution in [1.82, 2.24) is 0 Å². The lowest BCUT2D eigenvalue weighted by molar-refractivity contribution is -0.870. The van der Waals surface area contributed by atoms with Crippen LogP contribution in [0.4, 0.5) is 0 Å². The Morgan fingerprint density at radius 2 is 1.32 bits per heavy atom. The number of unbranched alkanes of at least 4 members (excludes halogenated alkanes) is 12. The second-order valence-electron chi connectivity index (χ2n) is 10.1. The average Bonchev–Trinajstić information content (AvgIpc) is 2.76. The highest BCUT2D eigenvalue weighted by Gasteiger charge is 2.25. The normalized spacial score (nSPS) is 14.6. The summed E-state index contributed by atoms with van der Waals surface area (Å²) < 4.78 is 32.9. The molecule has 0 aliphatic rings. The molecule has 1 N–H and O–H groups in total. The fourth-order valence-electron chi connectivity index (χ4n) is 3.37. The Bertz CT molecular complexity index is 540. The molecular formula is C25H53NO7P+. The Kier molecular flexibility index (Phi) is 20.4. The minimum Gasteiger partial charge on any atom is -0.463 e. The molecule has 0 rings (SSSR count). The first kappa shape index (κ1) is 33.5. The van der Waals surface area contributed by atoms with E-state index in [-0.39, 0.29) is 25.8 Å². The molecule has 0 saturated heterocycles. The third kappa shape index (κ3) is 23.3. The van der Waals surface area contributed by atoms with E-state index < -0.39 is 13.9 Å². The summed E-state index contributed by atoms with van der Waals surface area (Å²) in [6, 6.07) is 0. The van der Waals surface area contributed by atoms with Crippen molar-refractivity contribution in [2.45, 2.75) is 103 Å². The van der Waals surface area contributed by atoms with Crippen LogP contribution < -0.4 is 0 Å². The minimum absolute atomic E-state index is 0.0212. The molecule has 0 spiro atoms. The molecule has 0 heterocycles. The van der Waals surface area contributed by atoms with E-state index in [2.05, 4.69) is 6.92 Å². The second-order valence-corrected chi connectivity index (χ2v) is 11.6. The zero-order chi connectivity index (χ0) is 25.7. The maximum Gasteiger partial charge on any atom is 0.472 e. The third-order valence-corrected chi connectivity index (χ3v) is 6.67. The molecule has 204 valence electrons. The van der Waals surface area contributed by atoms with Crippen LogP contribution in [0.5, 0.6) is 0 Å². The van der Waals surface area contributed by atoms with Crippen LogP contribution in [0.3, 0.4) is 0 Å². The summed E-state index contributed by atoms with van der Waals surface area (Å²) in [5.74, 6) is -0.281. The summed E-state index contributed by atoms with van der Waals surface area (Å²) >= 11 is 0. The summed E-state index contributed by atoms with van der Waals surface area (Å²) in [6.45, 7) is 2.70. The van der Waals surface area contributed by atoms with E-state index in [4.69, 9.17) is 18.5 Å². The van der Waals surface area contributed by atoms with Gasteiger partial charge in [-0.25, -0.2) is 4.57 Å². The van der Waals surface area contributed by atoms with Crippen molar-refractivity contribution < 1.29 is 37.3 Å². The van der Waals surface area contributed by atoms with Gasteiger partial charge < -0.3 is 18.9 Å². The number of carbonyl (C=O) groups is 1. The van der Waals surface area contributed by atoms with Gasteiger partial charge in [0.05, 0.1) is 27.7 Å². The zero-order valence-corrected chi connectivity index (χ0v) is 23.5. The molecule has 0 fully saturated rings. The average molecular weight is 511 g/mol. The smallest absolute Gasteiger partial charge is 0.463 e. The van der Waals surface area contributed by atoms with E-state index in [1.807, 2.05) is 21.1 Å². The van der Waals surface area contributed by atoms with Crippen molar-refractivity contribution >= 4 is 13.8 Å². The standard InChI is InChI=1S/C25H52NO7P/c1-6-7-8-9-10-11-12-13-14-15-16-17-18-19-25(27)31-22-24(30-5)23-33-34(28,29)32-21-20-26(2,3)4/h24H,6-23H2,1-5H3/p+1/t24-/m1/s1. The monoisotopic (exact) mass is 510 g/mol. The van der Waals surface area contributed by atoms with E-state index >= 15 is 0 Å². The maximum absolute atomic E-state index is 12.0. The van der Waals surface area contributed by atoms with E-state index in [1.165, 1.54) is 71.3 Å². The van der Waals surface area contributed by atoms with E-state index in [0.29, 0.717) is 17.4 Å². The molecule has 0 saturated carbocycles. The Hall–Kier alpha value is -0.500. The van der Waals surface area contributed by atoms with Gasteiger partial charge in [-0.05, 0) is 6.42 Å². The molecule has 0 aromatic rings. The first-order valence-electron chi connectivity index (χ1n) is 13.2. The number of likely N-dealkylation sites (N-methyl/N-ethyl adjacent to an activating group) is 1. The van der Waals surface area contributed by atoms with Gasteiger partial charge in [-0.2, -0.15) is 0 Å². The lowest BCUT2D eigenvalue weighted by Gasteiger charge is -2.24. The molecule has 0 aliphatic heterocycles. The Morgan fingerprint density at radius 1 is 0.824 bits per heavy atom. The van der Waals surface area contributed by atoms with Crippen LogP contribution in [0.1, 0.15) is 96.8 Å². The van der Waals surface area contributed by atoms with Gasteiger partial charge in [0.1, 0.15) is 25.9 Å². The third-order valence-electron chi connectivity index (χ3n) is 5.69. The van der Waals surface area contributed by atoms with Crippen molar-refractivity contribution in [2.24, 2.45) is 0 Å². The van der Waals surface area contributed by atoms with Gasteiger partial charge in [0.2, 0.25) is 0 Å². The number of phosphoric ester groups is 1. The van der Waals surface area contributed by atoms with Crippen molar-refractivity contribution in [1.29, 1.82) is 0 Å². The molecular weight excluding hydrogens is 457 g/mol. The number of hydrogen-bond acceptors (Lipinski definition) is 6. The summed E-state index contributed by atoms with van der Waals surface area (Å²) in [7, 11) is 3.15. The Morgan fingerprint density at radius 3 is 1.79 bits per heavy atom. The van der Waals surface area contributed by atoms with Crippen LogP contribution in [0.25, 0.3) is 0 Å². The van der Waals surface area contributed by atoms with Crippen LogP contribution in [0, 0.1) is 0 Å². The number of methoxy groups -OCH3 is 1. The van der Waals surface area contributed by atoms with E-state index in [0.717, 1.165) is 19.3 Å². The van der Waals surface area contributed by atoms with Gasteiger partial charge in [0.25, 0.3) is 0 Å². The molecule has 0 aromatic carbocycles. The number of nitrogens with zero attached hydrogens (tertiary/aromatic N) is 1. The number of phosphoric acid groups is 1. The fraction of sp³-hybridized carbons (Fsp3) is 0.960. The van der Waals surface area contributed by atoms with Crippen molar-refractivity contribution in [3.8, 4) is 0 Å². The first-order chi connectivity index (χ1) is 16.1. The predicted octanol–water partition coefficient (Wildman–Crippen LogP) is 5.87. The van der Waals surface area contributed by atoms with Gasteiger partial charge in [-0.15, -0.1) is 0 Å². The van der Waals surface area contributed by atoms with Gasteiger partial charge in [0.15, 0.2) is 0 Å².